The molecule has 0 N–H and O–H groups in total. The first-order valence-corrected chi connectivity index (χ1v) is 13.9. The SMILES string of the molecule is CCCCc1ccc(OC(=O)Oc2ccc(C3(c4ccccc4)CCC(C)(C)C(C)C3)cc2C)c(OC)c1. The zero-order valence-electron chi connectivity index (χ0n) is 23.8. The maximum absolute atomic E-state index is 12.7. The highest BCUT2D eigenvalue weighted by atomic mass is 16.7. The molecule has 0 aromatic heterocycles. The maximum Gasteiger partial charge on any atom is 0.519 e. The second-order valence-corrected chi connectivity index (χ2v) is 11.6. The number of aryl methyl sites for hydroxylation is 2. The van der Waals surface area contributed by atoms with Crippen LogP contribution >= 0.6 is 0 Å². The topological polar surface area (TPSA) is 44.8 Å². The molecule has 3 aromatic carbocycles. The molecule has 3 aromatic rings. The van der Waals surface area contributed by atoms with Gasteiger partial charge in [0, 0.05) is 5.41 Å². The first-order valence-electron chi connectivity index (χ1n) is 13.9. The summed E-state index contributed by atoms with van der Waals surface area (Å²) in [6.07, 6.45) is 5.74. The van der Waals surface area contributed by atoms with Crippen molar-refractivity contribution in [3.63, 3.8) is 0 Å². The van der Waals surface area contributed by atoms with E-state index in [2.05, 4.69) is 70.2 Å². The van der Waals surface area contributed by atoms with Crippen molar-refractivity contribution < 1.29 is 19.0 Å². The minimum Gasteiger partial charge on any atom is -0.493 e. The quantitative estimate of drug-likeness (QED) is 0.222. The van der Waals surface area contributed by atoms with Crippen LogP contribution in [0.4, 0.5) is 4.79 Å². The van der Waals surface area contributed by atoms with Crippen LogP contribution in [-0.4, -0.2) is 13.3 Å². The lowest BCUT2D eigenvalue weighted by Gasteiger charge is -2.48. The van der Waals surface area contributed by atoms with Crippen molar-refractivity contribution in [1.82, 2.24) is 0 Å². The van der Waals surface area contributed by atoms with Gasteiger partial charge in [-0.05, 0) is 90.8 Å². The van der Waals surface area contributed by atoms with Crippen molar-refractivity contribution in [3.8, 4) is 17.2 Å². The molecule has 0 saturated heterocycles. The first-order chi connectivity index (χ1) is 18.2. The highest BCUT2D eigenvalue weighted by Crippen LogP contribution is 2.53. The Kier molecular flexibility index (Phi) is 8.50. The highest BCUT2D eigenvalue weighted by molar-refractivity contribution is 5.69. The van der Waals surface area contributed by atoms with Crippen LogP contribution in [0.3, 0.4) is 0 Å². The Morgan fingerprint density at radius 1 is 0.895 bits per heavy atom. The van der Waals surface area contributed by atoms with E-state index in [1.54, 1.807) is 13.2 Å². The summed E-state index contributed by atoms with van der Waals surface area (Å²) in [7, 11) is 1.58. The van der Waals surface area contributed by atoms with Gasteiger partial charge in [-0.3, -0.25) is 0 Å². The molecule has 38 heavy (non-hydrogen) atoms. The summed E-state index contributed by atoms with van der Waals surface area (Å²) in [5.41, 5.74) is 4.94. The third-order valence-corrected chi connectivity index (χ3v) is 8.67. The van der Waals surface area contributed by atoms with Crippen molar-refractivity contribution in [2.24, 2.45) is 11.3 Å². The van der Waals surface area contributed by atoms with Gasteiger partial charge in [0.25, 0.3) is 0 Å². The molecule has 0 radical (unpaired) electrons. The van der Waals surface area contributed by atoms with Crippen molar-refractivity contribution >= 4 is 6.16 Å². The van der Waals surface area contributed by atoms with E-state index >= 15 is 0 Å². The largest absolute Gasteiger partial charge is 0.519 e. The van der Waals surface area contributed by atoms with E-state index in [-0.39, 0.29) is 5.41 Å². The second-order valence-electron chi connectivity index (χ2n) is 11.6. The van der Waals surface area contributed by atoms with E-state index in [9.17, 15) is 4.79 Å². The van der Waals surface area contributed by atoms with Crippen LogP contribution < -0.4 is 14.2 Å². The molecule has 1 saturated carbocycles. The predicted octanol–water partition coefficient (Wildman–Crippen LogP) is 9.06. The summed E-state index contributed by atoms with van der Waals surface area (Å²) in [5, 5.41) is 0. The minimum atomic E-state index is -0.772. The number of benzene rings is 3. The van der Waals surface area contributed by atoms with Crippen LogP contribution in [0.1, 0.15) is 82.1 Å². The summed E-state index contributed by atoms with van der Waals surface area (Å²) in [6.45, 7) is 11.3. The van der Waals surface area contributed by atoms with Crippen molar-refractivity contribution in [2.75, 3.05) is 7.11 Å². The van der Waals surface area contributed by atoms with E-state index < -0.39 is 6.16 Å². The third-order valence-electron chi connectivity index (χ3n) is 8.67. The molecule has 4 nitrogen and oxygen atoms in total. The van der Waals surface area contributed by atoms with Crippen molar-refractivity contribution in [3.05, 3.63) is 89.0 Å². The monoisotopic (exact) mass is 514 g/mol. The normalized spacial score (nSPS) is 20.5. The van der Waals surface area contributed by atoms with Crippen molar-refractivity contribution in [2.45, 2.75) is 78.6 Å². The average Bonchev–Trinajstić information content (AvgIpc) is 2.91. The summed E-state index contributed by atoms with van der Waals surface area (Å²) in [6, 6.07) is 22.7. The van der Waals surface area contributed by atoms with Crippen LogP contribution in [0.15, 0.2) is 66.7 Å². The zero-order chi connectivity index (χ0) is 27.3. The summed E-state index contributed by atoms with van der Waals surface area (Å²) >= 11 is 0. The smallest absolute Gasteiger partial charge is 0.493 e. The number of hydrogen-bond donors (Lipinski definition) is 0. The molecule has 0 bridgehead atoms. The van der Waals surface area contributed by atoms with Gasteiger partial charge < -0.3 is 14.2 Å². The van der Waals surface area contributed by atoms with Gasteiger partial charge in [-0.25, -0.2) is 4.79 Å². The van der Waals surface area contributed by atoms with Crippen LogP contribution in [0.25, 0.3) is 0 Å². The number of carbonyl (C=O) groups excluding carboxylic acids is 1. The van der Waals surface area contributed by atoms with Crippen LogP contribution in [0.5, 0.6) is 17.2 Å². The van der Waals surface area contributed by atoms with Crippen LogP contribution in [0.2, 0.25) is 0 Å². The molecule has 2 unspecified atom stereocenters. The van der Waals surface area contributed by atoms with E-state index in [1.165, 1.54) is 11.1 Å². The Morgan fingerprint density at radius 3 is 2.26 bits per heavy atom. The zero-order valence-corrected chi connectivity index (χ0v) is 23.8. The van der Waals surface area contributed by atoms with Crippen LogP contribution in [0, 0.1) is 18.3 Å². The Hall–Kier alpha value is -3.27. The Morgan fingerprint density at radius 2 is 1.61 bits per heavy atom. The molecule has 0 amide bonds. The fourth-order valence-corrected chi connectivity index (χ4v) is 5.73. The molecule has 0 heterocycles. The van der Waals surface area contributed by atoms with Crippen molar-refractivity contribution in [1.29, 1.82) is 0 Å². The molecular weight excluding hydrogens is 472 g/mol. The van der Waals surface area contributed by atoms with Gasteiger partial charge in [0.05, 0.1) is 7.11 Å². The van der Waals surface area contributed by atoms with Gasteiger partial charge in [0.15, 0.2) is 11.5 Å². The summed E-state index contributed by atoms with van der Waals surface area (Å²) < 4.78 is 16.7. The van der Waals surface area contributed by atoms with E-state index in [1.807, 2.05) is 25.1 Å². The number of ether oxygens (including phenoxy) is 3. The number of hydrogen-bond acceptors (Lipinski definition) is 4. The van der Waals surface area contributed by atoms with Gasteiger partial charge >= 0.3 is 6.16 Å². The fourth-order valence-electron chi connectivity index (χ4n) is 5.73. The minimum absolute atomic E-state index is 0.0626. The van der Waals surface area contributed by atoms with Gasteiger partial charge in [-0.2, -0.15) is 0 Å². The Labute approximate surface area is 228 Å². The standard InChI is InChI=1S/C34H42O4/c1-7-8-12-26-15-17-30(31(22-26)36-6)38-32(35)37-29-18-16-28(21-24(29)2)34(27-13-10-9-11-14-27)20-19-33(4,5)25(3)23-34/h9-11,13-18,21-22,25H,7-8,12,19-20,23H2,1-6H3. The van der Waals surface area contributed by atoms with Gasteiger partial charge in [0.2, 0.25) is 0 Å². The Bertz CT molecular complexity index is 1250. The molecular formula is C34H42O4. The predicted molar refractivity (Wildman–Crippen MR) is 153 cm³/mol. The lowest BCUT2D eigenvalue weighted by atomic mass is 9.55. The molecule has 202 valence electrons. The number of rotatable bonds is 8. The van der Waals surface area contributed by atoms with Gasteiger partial charge in [-0.15, -0.1) is 0 Å². The molecule has 1 aliphatic carbocycles. The maximum atomic E-state index is 12.7. The van der Waals surface area contributed by atoms with Gasteiger partial charge in [0.1, 0.15) is 5.75 Å². The number of methoxy groups -OCH3 is 1. The second kappa shape index (κ2) is 11.6. The fraction of sp³-hybridized carbons (Fsp3) is 0.441. The lowest BCUT2D eigenvalue weighted by Crippen LogP contribution is -2.41. The van der Waals surface area contributed by atoms with E-state index in [0.717, 1.165) is 49.7 Å². The van der Waals surface area contributed by atoms with Crippen LogP contribution in [-0.2, 0) is 11.8 Å². The van der Waals surface area contributed by atoms with E-state index in [0.29, 0.717) is 28.6 Å². The summed E-state index contributed by atoms with van der Waals surface area (Å²) in [5.74, 6) is 1.96. The molecule has 1 aliphatic rings. The molecule has 0 aliphatic heterocycles. The number of carbonyl (C=O) groups is 1. The molecule has 4 rings (SSSR count). The number of unbranched alkanes of at least 4 members (excludes halogenated alkanes) is 1. The highest BCUT2D eigenvalue weighted by Gasteiger charge is 2.44. The molecule has 1 fully saturated rings. The average molecular weight is 515 g/mol. The molecule has 4 heteroatoms. The Balaban J connectivity index is 1.55. The van der Waals surface area contributed by atoms with E-state index in [4.69, 9.17) is 14.2 Å². The third kappa shape index (κ3) is 5.90. The first kappa shape index (κ1) is 27.8. The van der Waals surface area contributed by atoms with Gasteiger partial charge in [-0.1, -0.05) is 82.6 Å². The molecule has 2 atom stereocenters. The summed E-state index contributed by atoms with van der Waals surface area (Å²) in [4.78, 5) is 12.7. The molecule has 0 spiro atoms. The lowest BCUT2D eigenvalue weighted by molar-refractivity contribution is 0.107.